The summed E-state index contributed by atoms with van der Waals surface area (Å²) in [6, 6.07) is 11.4. The predicted octanol–water partition coefficient (Wildman–Crippen LogP) is -1.19. The van der Waals surface area contributed by atoms with Crippen molar-refractivity contribution in [3.63, 3.8) is 0 Å². The van der Waals surface area contributed by atoms with Crippen LogP contribution in [0.3, 0.4) is 0 Å². The Hall–Kier alpha value is -1.51. The Kier molecular flexibility index (Phi) is 5.45. The summed E-state index contributed by atoms with van der Waals surface area (Å²) in [7, 11) is 0. The Morgan fingerprint density at radius 3 is 2.80 bits per heavy atom. The van der Waals surface area contributed by atoms with Crippen molar-refractivity contribution in [1.29, 1.82) is 0 Å². The van der Waals surface area contributed by atoms with Crippen LogP contribution in [0.25, 0.3) is 5.69 Å². The number of amides is 2. The minimum absolute atomic E-state index is 0.0722. The van der Waals surface area contributed by atoms with Crippen molar-refractivity contribution in [2.75, 3.05) is 10.2 Å². The third-order valence-corrected chi connectivity index (χ3v) is 3.59. The third-order valence-electron chi connectivity index (χ3n) is 2.66. The number of urea groups is 1. The van der Waals surface area contributed by atoms with E-state index in [1.54, 1.807) is 4.68 Å². The molecule has 5 nitrogen and oxygen atoms in total. The number of nitrogens with zero attached hydrogens (tertiary/aromatic N) is 2. The molecule has 0 saturated carbocycles. The van der Waals surface area contributed by atoms with Gasteiger partial charge in [-0.15, -0.1) is 0 Å². The molecule has 20 heavy (non-hydrogen) atoms. The predicted molar refractivity (Wildman–Crippen MR) is 76.8 cm³/mol. The molecule has 0 saturated heterocycles. The summed E-state index contributed by atoms with van der Waals surface area (Å²) >= 11 is -0.0722. The van der Waals surface area contributed by atoms with E-state index < -0.39 is 0 Å². The SMILES string of the molecule is CCc1cc(NC(=O)N[B][I-]C)n(-c2ccccc2)n1. The number of hydrogen-bond acceptors (Lipinski definition) is 2. The van der Waals surface area contributed by atoms with Gasteiger partial charge in [0.2, 0.25) is 0 Å². The van der Waals surface area contributed by atoms with E-state index in [1.165, 1.54) is 0 Å². The van der Waals surface area contributed by atoms with E-state index in [1.807, 2.05) is 48.6 Å². The van der Waals surface area contributed by atoms with E-state index in [0.29, 0.717) is 5.82 Å². The van der Waals surface area contributed by atoms with Crippen molar-refractivity contribution in [2.24, 2.45) is 0 Å². The second-order valence-electron chi connectivity index (χ2n) is 4.05. The molecule has 1 radical (unpaired) electrons. The number of rotatable bonds is 5. The summed E-state index contributed by atoms with van der Waals surface area (Å²) < 4.78 is 1.75. The molecule has 0 bridgehead atoms. The quantitative estimate of drug-likeness (QED) is 0.388. The minimum atomic E-state index is -0.230. The van der Waals surface area contributed by atoms with Gasteiger partial charge in [0.1, 0.15) is 0 Å². The van der Waals surface area contributed by atoms with Gasteiger partial charge in [-0.05, 0) is 0 Å². The van der Waals surface area contributed by atoms with Crippen molar-refractivity contribution in [1.82, 2.24) is 15.0 Å². The molecule has 0 aliphatic carbocycles. The number of anilines is 1. The summed E-state index contributed by atoms with van der Waals surface area (Å²) in [5.74, 6) is 0.674. The van der Waals surface area contributed by atoms with Crippen LogP contribution in [-0.4, -0.2) is 26.0 Å². The topological polar surface area (TPSA) is 59.0 Å². The fraction of sp³-hybridized carbons (Fsp3) is 0.231. The van der Waals surface area contributed by atoms with Crippen molar-refractivity contribution in [3.05, 3.63) is 42.1 Å². The van der Waals surface area contributed by atoms with Gasteiger partial charge in [-0.1, -0.05) is 0 Å². The van der Waals surface area contributed by atoms with Gasteiger partial charge in [-0.2, -0.15) is 0 Å². The summed E-state index contributed by atoms with van der Waals surface area (Å²) in [6.45, 7) is 2.04. The molecule has 0 atom stereocenters. The van der Waals surface area contributed by atoms with Crippen molar-refractivity contribution in [2.45, 2.75) is 13.3 Å². The zero-order valence-electron chi connectivity index (χ0n) is 11.4. The van der Waals surface area contributed by atoms with Crippen LogP contribution < -0.4 is 31.5 Å². The Morgan fingerprint density at radius 1 is 1.40 bits per heavy atom. The molecule has 0 spiro atoms. The fourth-order valence-corrected chi connectivity index (χ4v) is 2.31. The average Bonchev–Trinajstić information content (AvgIpc) is 2.89. The molecule has 2 N–H and O–H groups in total. The zero-order chi connectivity index (χ0) is 14.4. The Balaban J connectivity index is 2.23. The second-order valence-corrected chi connectivity index (χ2v) is 5.92. The monoisotopic (exact) mass is 382 g/mol. The van der Waals surface area contributed by atoms with E-state index in [9.17, 15) is 4.79 Å². The van der Waals surface area contributed by atoms with E-state index in [0.717, 1.165) is 17.8 Å². The molecule has 2 amide bonds. The van der Waals surface area contributed by atoms with E-state index in [4.69, 9.17) is 0 Å². The molecule has 1 aromatic carbocycles. The normalized spacial score (nSPS) is 10.3. The van der Waals surface area contributed by atoms with Crippen LogP contribution in [0, 0.1) is 0 Å². The van der Waals surface area contributed by atoms with Crippen LogP contribution in [0.15, 0.2) is 36.4 Å². The maximum atomic E-state index is 11.8. The van der Waals surface area contributed by atoms with Gasteiger partial charge in [0, 0.05) is 0 Å². The van der Waals surface area contributed by atoms with Crippen molar-refractivity contribution in [3.8, 4) is 5.69 Å². The van der Waals surface area contributed by atoms with Crippen molar-refractivity contribution >= 4 is 17.1 Å². The molecule has 0 unspecified atom stereocenters. The Bertz CT molecular complexity index is 573. The summed E-state index contributed by atoms with van der Waals surface area (Å²) in [4.78, 5) is 13.8. The van der Waals surface area contributed by atoms with Gasteiger partial charge in [0.05, 0.1) is 0 Å². The Labute approximate surface area is 129 Å². The van der Waals surface area contributed by atoms with Crippen LogP contribution >= 0.6 is 0 Å². The molecule has 2 rings (SSSR count). The number of hydrogen-bond donors (Lipinski definition) is 2. The number of nitrogens with one attached hydrogen (secondary N) is 2. The van der Waals surface area contributed by atoms with Gasteiger partial charge >= 0.3 is 129 Å². The van der Waals surface area contributed by atoms with Crippen LogP contribution in [0.5, 0.6) is 0 Å². The van der Waals surface area contributed by atoms with E-state index in [-0.39, 0.29) is 27.0 Å². The Morgan fingerprint density at radius 2 is 2.15 bits per heavy atom. The number of halogens is 1. The number of aryl methyl sites for hydroxylation is 1. The van der Waals surface area contributed by atoms with Crippen LogP contribution in [0.4, 0.5) is 10.6 Å². The first kappa shape index (κ1) is 14.9. The van der Waals surface area contributed by atoms with Gasteiger partial charge in [0.15, 0.2) is 0 Å². The molecule has 2 aromatic rings. The molecule has 105 valence electrons. The summed E-state index contributed by atoms with van der Waals surface area (Å²) in [6.07, 6.45) is 0.822. The molecular formula is C13H16BIN4O-. The number of carbonyl (C=O) groups excluding carboxylic acids is 1. The second kappa shape index (κ2) is 7.32. The molecule has 1 heterocycles. The van der Waals surface area contributed by atoms with E-state index >= 15 is 0 Å². The van der Waals surface area contributed by atoms with Gasteiger partial charge < -0.3 is 0 Å². The maximum absolute atomic E-state index is 11.8. The van der Waals surface area contributed by atoms with Crippen LogP contribution in [0.2, 0.25) is 0 Å². The first-order valence-electron chi connectivity index (χ1n) is 6.26. The molecule has 0 fully saturated rings. The van der Waals surface area contributed by atoms with Crippen LogP contribution in [0.1, 0.15) is 12.6 Å². The number of alkyl halides is 1. The number of para-hydroxylation sites is 1. The molecule has 0 aliphatic rings. The first-order valence-corrected chi connectivity index (χ1v) is 9.66. The molecule has 7 heteroatoms. The zero-order valence-corrected chi connectivity index (χ0v) is 13.6. The van der Waals surface area contributed by atoms with Gasteiger partial charge in [-0.3, -0.25) is 0 Å². The molecular weight excluding hydrogens is 366 g/mol. The average molecular weight is 382 g/mol. The van der Waals surface area contributed by atoms with Crippen molar-refractivity contribution < 1.29 is 25.8 Å². The molecule has 1 aromatic heterocycles. The summed E-state index contributed by atoms with van der Waals surface area (Å²) in [5, 5.41) is 11.9. The number of carbonyl (C=O) groups is 1. The van der Waals surface area contributed by atoms with E-state index in [2.05, 4.69) is 20.6 Å². The van der Waals surface area contributed by atoms with Gasteiger partial charge in [-0.25, -0.2) is 0 Å². The fourth-order valence-electron chi connectivity index (χ4n) is 1.71. The number of aromatic nitrogens is 2. The summed E-state index contributed by atoms with van der Waals surface area (Å²) in [5.41, 5.74) is 1.87. The third kappa shape index (κ3) is 3.75. The van der Waals surface area contributed by atoms with Gasteiger partial charge in [0.25, 0.3) is 0 Å². The first-order chi connectivity index (χ1) is 9.74. The standard InChI is InChI=1S/C13H16BIN4O/c1-3-10-9-12(16-13(20)17-14-15-2)19(18-10)11-7-5-4-6-8-11/h4-9H,3H2,1-2H3,(H2,16,17,20)/q-1. The molecule has 0 aliphatic heterocycles. The number of benzene rings is 1. The van der Waals surface area contributed by atoms with Crippen LogP contribution in [-0.2, 0) is 6.42 Å².